The molecule has 0 heterocycles. The van der Waals surface area contributed by atoms with Gasteiger partial charge in [0.15, 0.2) is 0 Å². The smallest absolute Gasteiger partial charge is 0.123 e. The summed E-state index contributed by atoms with van der Waals surface area (Å²) in [4.78, 5) is 0. The van der Waals surface area contributed by atoms with Crippen LogP contribution in [0.4, 0.5) is 4.39 Å². The molecule has 0 fully saturated rings. The van der Waals surface area contributed by atoms with Crippen LogP contribution in [0.1, 0.15) is 18.4 Å². The van der Waals surface area contributed by atoms with Crippen LogP contribution in [0.25, 0.3) is 0 Å². The van der Waals surface area contributed by atoms with Crippen molar-refractivity contribution in [3.05, 3.63) is 35.6 Å². The summed E-state index contributed by atoms with van der Waals surface area (Å²) in [6, 6.07) is 6.36. The molecular formula is C10H9F. The highest BCUT2D eigenvalue weighted by atomic mass is 19.1. The van der Waals surface area contributed by atoms with E-state index in [9.17, 15) is 4.39 Å². The van der Waals surface area contributed by atoms with Gasteiger partial charge in [0.1, 0.15) is 5.82 Å². The van der Waals surface area contributed by atoms with E-state index in [1.807, 2.05) is 13.0 Å². The molecule has 0 aliphatic carbocycles. The van der Waals surface area contributed by atoms with Gasteiger partial charge in [-0.15, -0.1) is 6.42 Å². The minimum atomic E-state index is -0.232. The van der Waals surface area contributed by atoms with E-state index in [-0.39, 0.29) is 11.7 Å². The molecule has 0 spiro atoms. The Morgan fingerprint density at radius 2 is 2.27 bits per heavy atom. The molecule has 0 nitrogen and oxygen atoms in total. The monoisotopic (exact) mass is 148 g/mol. The third-order valence-electron chi connectivity index (χ3n) is 1.60. The molecule has 1 aromatic carbocycles. The van der Waals surface area contributed by atoms with Crippen LogP contribution in [0, 0.1) is 18.2 Å². The van der Waals surface area contributed by atoms with Crippen molar-refractivity contribution in [3.63, 3.8) is 0 Å². The van der Waals surface area contributed by atoms with Gasteiger partial charge in [-0.05, 0) is 24.6 Å². The van der Waals surface area contributed by atoms with E-state index in [1.165, 1.54) is 12.1 Å². The molecule has 1 aromatic rings. The molecule has 0 aliphatic heterocycles. The fourth-order valence-corrected chi connectivity index (χ4v) is 0.872. The normalized spacial score (nSPS) is 12.1. The second kappa shape index (κ2) is 3.21. The average Bonchev–Trinajstić information content (AvgIpc) is 2.03. The Labute approximate surface area is 66.1 Å². The zero-order chi connectivity index (χ0) is 8.27. The Bertz CT molecular complexity index is 283. The van der Waals surface area contributed by atoms with Crippen molar-refractivity contribution >= 4 is 0 Å². The molecule has 0 bridgehead atoms. The lowest BCUT2D eigenvalue weighted by Gasteiger charge is -2.02. The molecule has 1 heteroatoms. The molecular weight excluding hydrogens is 139 g/mol. The van der Waals surface area contributed by atoms with Crippen molar-refractivity contribution < 1.29 is 4.39 Å². The molecule has 0 aromatic heterocycles. The number of benzene rings is 1. The van der Waals surface area contributed by atoms with Crippen LogP contribution in [0.3, 0.4) is 0 Å². The van der Waals surface area contributed by atoms with Crippen LogP contribution in [0.2, 0.25) is 0 Å². The van der Waals surface area contributed by atoms with E-state index < -0.39 is 0 Å². The van der Waals surface area contributed by atoms with E-state index in [2.05, 4.69) is 5.92 Å². The van der Waals surface area contributed by atoms with Crippen LogP contribution >= 0.6 is 0 Å². The number of hydrogen-bond donors (Lipinski definition) is 0. The van der Waals surface area contributed by atoms with Gasteiger partial charge in [-0.2, -0.15) is 0 Å². The summed E-state index contributed by atoms with van der Waals surface area (Å²) in [5.74, 6) is 2.30. The Morgan fingerprint density at radius 3 is 2.82 bits per heavy atom. The van der Waals surface area contributed by atoms with Crippen molar-refractivity contribution in [2.24, 2.45) is 0 Å². The first-order valence-corrected chi connectivity index (χ1v) is 3.45. The summed E-state index contributed by atoms with van der Waals surface area (Å²) in [6.45, 7) is 1.87. The topological polar surface area (TPSA) is 0 Å². The van der Waals surface area contributed by atoms with E-state index in [1.54, 1.807) is 6.07 Å². The maximum atomic E-state index is 12.6. The fraction of sp³-hybridized carbons (Fsp3) is 0.200. The van der Waals surface area contributed by atoms with Crippen molar-refractivity contribution in [2.45, 2.75) is 12.8 Å². The summed E-state index contributed by atoms with van der Waals surface area (Å²) in [5, 5.41) is 0. The Morgan fingerprint density at radius 1 is 1.55 bits per heavy atom. The minimum Gasteiger partial charge on any atom is -0.207 e. The van der Waals surface area contributed by atoms with Crippen molar-refractivity contribution in [3.8, 4) is 12.3 Å². The van der Waals surface area contributed by atoms with Crippen LogP contribution in [-0.4, -0.2) is 0 Å². The number of hydrogen-bond acceptors (Lipinski definition) is 0. The van der Waals surface area contributed by atoms with E-state index in [0.29, 0.717) is 0 Å². The highest BCUT2D eigenvalue weighted by Gasteiger charge is 2.00. The molecule has 0 saturated heterocycles. The number of rotatable bonds is 1. The zero-order valence-corrected chi connectivity index (χ0v) is 6.34. The van der Waals surface area contributed by atoms with Crippen molar-refractivity contribution in [2.75, 3.05) is 0 Å². The second-order valence-corrected chi connectivity index (χ2v) is 2.44. The average molecular weight is 148 g/mol. The molecule has 0 radical (unpaired) electrons. The van der Waals surface area contributed by atoms with Gasteiger partial charge in [0, 0.05) is 5.92 Å². The summed E-state index contributed by atoms with van der Waals surface area (Å²) >= 11 is 0. The molecule has 0 saturated carbocycles. The zero-order valence-electron chi connectivity index (χ0n) is 6.34. The second-order valence-electron chi connectivity index (χ2n) is 2.44. The van der Waals surface area contributed by atoms with E-state index in [0.717, 1.165) is 5.56 Å². The Balaban J connectivity index is 2.98. The first-order valence-electron chi connectivity index (χ1n) is 3.45. The molecule has 1 rings (SSSR count). The molecule has 0 amide bonds. The van der Waals surface area contributed by atoms with Crippen molar-refractivity contribution in [1.29, 1.82) is 0 Å². The molecule has 1 unspecified atom stereocenters. The maximum Gasteiger partial charge on any atom is 0.123 e. The van der Waals surface area contributed by atoms with Crippen LogP contribution < -0.4 is 0 Å². The molecule has 0 N–H and O–H groups in total. The Kier molecular flexibility index (Phi) is 2.28. The van der Waals surface area contributed by atoms with E-state index in [4.69, 9.17) is 6.42 Å². The summed E-state index contributed by atoms with van der Waals surface area (Å²) < 4.78 is 12.6. The molecule has 0 aliphatic rings. The van der Waals surface area contributed by atoms with E-state index >= 15 is 0 Å². The number of halogens is 1. The lowest BCUT2D eigenvalue weighted by Crippen LogP contribution is -1.89. The summed E-state index contributed by atoms with van der Waals surface area (Å²) in [7, 11) is 0. The largest absolute Gasteiger partial charge is 0.207 e. The van der Waals surface area contributed by atoms with Crippen LogP contribution in [0.5, 0.6) is 0 Å². The highest BCUT2D eigenvalue weighted by molar-refractivity contribution is 5.25. The molecule has 11 heavy (non-hydrogen) atoms. The fourth-order valence-electron chi connectivity index (χ4n) is 0.872. The lowest BCUT2D eigenvalue weighted by molar-refractivity contribution is 0.625. The predicted octanol–water partition coefficient (Wildman–Crippen LogP) is 2.56. The summed E-state index contributed by atoms with van der Waals surface area (Å²) in [6.07, 6.45) is 5.18. The maximum absolute atomic E-state index is 12.6. The third-order valence-corrected chi connectivity index (χ3v) is 1.60. The lowest BCUT2D eigenvalue weighted by atomic mass is 10.0. The van der Waals surface area contributed by atoms with Crippen molar-refractivity contribution in [1.82, 2.24) is 0 Å². The van der Waals surface area contributed by atoms with Crippen LogP contribution in [0.15, 0.2) is 24.3 Å². The molecule has 56 valence electrons. The van der Waals surface area contributed by atoms with Crippen LogP contribution in [-0.2, 0) is 0 Å². The standard InChI is InChI=1S/C10H9F/c1-3-8(2)9-5-4-6-10(11)7-9/h1,4-8H,2H3. The minimum absolute atomic E-state index is 0.00861. The van der Waals surface area contributed by atoms with Gasteiger partial charge in [-0.25, -0.2) is 4.39 Å². The number of terminal acetylenes is 1. The highest BCUT2D eigenvalue weighted by Crippen LogP contribution is 2.14. The van der Waals surface area contributed by atoms with Gasteiger partial charge in [-0.1, -0.05) is 18.1 Å². The van der Waals surface area contributed by atoms with Gasteiger partial charge in [0.05, 0.1) is 0 Å². The third kappa shape index (κ3) is 1.81. The molecule has 1 atom stereocenters. The Hall–Kier alpha value is -1.29. The summed E-state index contributed by atoms with van der Waals surface area (Å²) in [5.41, 5.74) is 0.854. The van der Waals surface area contributed by atoms with Gasteiger partial charge in [-0.3, -0.25) is 0 Å². The van der Waals surface area contributed by atoms with Gasteiger partial charge < -0.3 is 0 Å². The van der Waals surface area contributed by atoms with Gasteiger partial charge in [0.25, 0.3) is 0 Å². The van der Waals surface area contributed by atoms with Gasteiger partial charge in [0.2, 0.25) is 0 Å². The SMILES string of the molecule is C#CC(C)c1cccc(F)c1. The first-order chi connectivity index (χ1) is 5.24. The van der Waals surface area contributed by atoms with Gasteiger partial charge >= 0.3 is 0 Å². The quantitative estimate of drug-likeness (QED) is 0.537. The predicted molar refractivity (Wildman–Crippen MR) is 43.6 cm³/mol. The first kappa shape index (κ1) is 7.81.